The van der Waals surface area contributed by atoms with E-state index in [4.69, 9.17) is 9.47 Å². The summed E-state index contributed by atoms with van der Waals surface area (Å²) in [5, 5.41) is 3.87. The number of methoxy groups -OCH3 is 2. The quantitative estimate of drug-likeness (QED) is 0.553. The van der Waals surface area contributed by atoms with Gasteiger partial charge in [0.1, 0.15) is 0 Å². The van der Waals surface area contributed by atoms with E-state index in [9.17, 15) is 9.59 Å². The molecule has 2 N–H and O–H groups in total. The molecule has 0 unspecified atom stereocenters. The first-order valence-electron chi connectivity index (χ1n) is 11.5. The van der Waals surface area contributed by atoms with Crippen molar-refractivity contribution in [3.8, 4) is 11.5 Å². The second-order valence-corrected chi connectivity index (χ2v) is 8.48. The smallest absolute Gasteiger partial charge is 0.318 e. The first kappa shape index (κ1) is 22.7. The van der Waals surface area contributed by atoms with Crippen LogP contribution in [0.2, 0.25) is 0 Å². The summed E-state index contributed by atoms with van der Waals surface area (Å²) >= 11 is 0. The van der Waals surface area contributed by atoms with Gasteiger partial charge in [-0.25, -0.2) is 4.79 Å². The van der Waals surface area contributed by atoms with Gasteiger partial charge < -0.3 is 24.7 Å². The zero-order valence-electron chi connectivity index (χ0n) is 19.2. The standard InChI is InChI=1S/C26H31N3O4/c1-32-23-14-19-13-20(25(30)28-22(19)15-24(23)33-2)17-29(21-11-7-4-8-12-21)26(31)27-16-18-9-5-3-6-10-18/h3,5-6,9-10,13-15,21H,4,7-8,11-12,16-17H2,1-2H3,(H,27,31)(H,28,30). The molecular formula is C26H31N3O4. The van der Waals surface area contributed by atoms with Crippen molar-refractivity contribution in [1.82, 2.24) is 15.2 Å². The molecule has 0 radical (unpaired) electrons. The largest absolute Gasteiger partial charge is 0.493 e. The van der Waals surface area contributed by atoms with Crippen molar-refractivity contribution >= 4 is 16.9 Å². The average molecular weight is 450 g/mol. The molecule has 3 aromatic rings. The Morgan fingerprint density at radius 2 is 1.73 bits per heavy atom. The number of nitrogens with zero attached hydrogens (tertiary/aromatic N) is 1. The van der Waals surface area contributed by atoms with Gasteiger partial charge in [0.05, 0.1) is 26.3 Å². The monoisotopic (exact) mass is 449 g/mol. The first-order valence-corrected chi connectivity index (χ1v) is 11.5. The Morgan fingerprint density at radius 1 is 1.03 bits per heavy atom. The van der Waals surface area contributed by atoms with Crippen LogP contribution in [0.15, 0.2) is 53.3 Å². The molecule has 33 heavy (non-hydrogen) atoms. The number of rotatable bonds is 7. The maximum absolute atomic E-state index is 13.2. The summed E-state index contributed by atoms with van der Waals surface area (Å²) in [6.07, 6.45) is 5.29. The van der Waals surface area contributed by atoms with Crippen LogP contribution in [0.5, 0.6) is 11.5 Å². The van der Waals surface area contributed by atoms with E-state index in [1.807, 2.05) is 47.4 Å². The molecule has 1 heterocycles. The molecule has 1 aliphatic carbocycles. The lowest BCUT2D eigenvalue weighted by Crippen LogP contribution is -2.47. The van der Waals surface area contributed by atoms with Gasteiger partial charge in [-0.15, -0.1) is 0 Å². The fourth-order valence-electron chi connectivity index (χ4n) is 4.51. The van der Waals surface area contributed by atoms with E-state index in [-0.39, 0.29) is 24.2 Å². The molecule has 1 saturated carbocycles. The molecular weight excluding hydrogens is 418 g/mol. The number of H-pyrrole nitrogens is 1. The summed E-state index contributed by atoms with van der Waals surface area (Å²) in [4.78, 5) is 30.9. The normalized spacial score (nSPS) is 14.1. The van der Waals surface area contributed by atoms with Crippen LogP contribution in [-0.4, -0.2) is 36.2 Å². The Hall–Kier alpha value is -3.48. The van der Waals surface area contributed by atoms with Crippen LogP contribution in [0.25, 0.3) is 10.9 Å². The second-order valence-electron chi connectivity index (χ2n) is 8.48. The highest BCUT2D eigenvalue weighted by atomic mass is 16.5. The van der Waals surface area contributed by atoms with Gasteiger partial charge in [0.2, 0.25) is 0 Å². The van der Waals surface area contributed by atoms with E-state index in [2.05, 4.69) is 10.3 Å². The second kappa shape index (κ2) is 10.4. The highest BCUT2D eigenvalue weighted by molar-refractivity contribution is 5.83. The van der Waals surface area contributed by atoms with Crippen molar-refractivity contribution in [1.29, 1.82) is 0 Å². The predicted molar refractivity (Wildman–Crippen MR) is 129 cm³/mol. The highest BCUT2D eigenvalue weighted by Crippen LogP contribution is 2.31. The molecule has 2 aromatic carbocycles. The zero-order valence-corrected chi connectivity index (χ0v) is 19.2. The molecule has 2 amide bonds. The number of fused-ring (bicyclic) bond motifs is 1. The SMILES string of the molecule is COc1cc2cc(CN(C(=O)NCc3ccccc3)C3CCCCC3)c(=O)[nH]c2cc1OC. The summed E-state index contributed by atoms with van der Waals surface area (Å²) in [5.41, 5.74) is 2.06. The van der Waals surface area contributed by atoms with Crippen LogP contribution in [0.1, 0.15) is 43.2 Å². The highest BCUT2D eigenvalue weighted by Gasteiger charge is 2.26. The number of benzene rings is 2. The summed E-state index contributed by atoms with van der Waals surface area (Å²) in [7, 11) is 3.14. The van der Waals surface area contributed by atoms with Gasteiger partial charge in [-0.3, -0.25) is 4.79 Å². The fraction of sp³-hybridized carbons (Fsp3) is 0.385. The van der Waals surface area contributed by atoms with Gasteiger partial charge in [0.25, 0.3) is 5.56 Å². The topological polar surface area (TPSA) is 83.7 Å². The Kier molecular flexibility index (Phi) is 7.17. The van der Waals surface area contributed by atoms with Crippen molar-refractivity contribution < 1.29 is 14.3 Å². The van der Waals surface area contributed by atoms with E-state index in [0.717, 1.165) is 36.6 Å². The molecule has 0 atom stereocenters. The molecule has 1 aromatic heterocycles. The minimum absolute atomic E-state index is 0.120. The van der Waals surface area contributed by atoms with Gasteiger partial charge in [-0.05, 0) is 30.5 Å². The number of carbonyl (C=O) groups excluding carboxylic acids is 1. The van der Waals surface area contributed by atoms with Gasteiger partial charge in [-0.1, -0.05) is 49.6 Å². The van der Waals surface area contributed by atoms with Crippen molar-refractivity contribution in [2.45, 2.75) is 51.2 Å². The maximum Gasteiger partial charge on any atom is 0.318 e. The van der Waals surface area contributed by atoms with Crippen LogP contribution in [-0.2, 0) is 13.1 Å². The number of urea groups is 1. The van der Waals surface area contributed by atoms with Crippen molar-refractivity contribution in [3.63, 3.8) is 0 Å². The molecule has 0 aliphatic heterocycles. The van der Waals surface area contributed by atoms with E-state index in [1.54, 1.807) is 20.3 Å². The van der Waals surface area contributed by atoms with E-state index >= 15 is 0 Å². The van der Waals surface area contributed by atoms with Gasteiger partial charge in [0.15, 0.2) is 11.5 Å². The Labute approximate surface area is 193 Å². The zero-order chi connectivity index (χ0) is 23.2. The third-order valence-corrected chi connectivity index (χ3v) is 6.33. The number of amides is 2. The number of hydrogen-bond acceptors (Lipinski definition) is 4. The average Bonchev–Trinajstić information content (AvgIpc) is 2.86. The van der Waals surface area contributed by atoms with E-state index < -0.39 is 0 Å². The van der Waals surface area contributed by atoms with Gasteiger partial charge in [-0.2, -0.15) is 0 Å². The summed E-state index contributed by atoms with van der Waals surface area (Å²) in [5.74, 6) is 1.14. The summed E-state index contributed by atoms with van der Waals surface area (Å²) in [6, 6.07) is 15.3. The van der Waals surface area contributed by atoms with Gasteiger partial charge >= 0.3 is 6.03 Å². The lowest BCUT2D eigenvalue weighted by atomic mass is 9.94. The molecule has 1 fully saturated rings. The van der Waals surface area contributed by atoms with Gasteiger partial charge in [0, 0.05) is 29.6 Å². The molecule has 0 saturated heterocycles. The number of hydrogen-bond donors (Lipinski definition) is 2. The molecule has 0 spiro atoms. The molecule has 7 heteroatoms. The Balaban J connectivity index is 1.61. The van der Waals surface area contributed by atoms with Crippen LogP contribution < -0.4 is 20.3 Å². The van der Waals surface area contributed by atoms with Crippen molar-refractivity contribution in [2.24, 2.45) is 0 Å². The maximum atomic E-state index is 13.2. The third-order valence-electron chi connectivity index (χ3n) is 6.33. The van der Waals surface area contributed by atoms with Crippen molar-refractivity contribution in [2.75, 3.05) is 14.2 Å². The van der Waals surface area contributed by atoms with Crippen LogP contribution in [0.4, 0.5) is 4.79 Å². The van der Waals surface area contributed by atoms with Crippen LogP contribution in [0.3, 0.4) is 0 Å². The van der Waals surface area contributed by atoms with Crippen LogP contribution in [0, 0.1) is 0 Å². The minimum atomic E-state index is -0.202. The summed E-state index contributed by atoms with van der Waals surface area (Å²) < 4.78 is 10.8. The molecule has 174 valence electrons. The molecule has 4 rings (SSSR count). The Bertz CT molecular complexity index is 1150. The molecule has 1 aliphatic rings. The third kappa shape index (κ3) is 5.30. The van der Waals surface area contributed by atoms with Crippen molar-refractivity contribution in [3.05, 3.63) is 70.0 Å². The number of aromatic nitrogens is 1. The number of aromatic amines is 1. The summed E-state index contributed by atoms with van der Waals surface area (Å²) in [6.45, 7) is 0.707. The number of ether oxygens (including phenoxy) is 2. The number of nitrogens with one attached hydrogen (secondary N) is 2. The number of carbonyl (C=O) groups is 1. The lowest BCUT2D eigenvalue weighted by Gasteiger charge is -2.34. The van der Waals surface area contributed by atoms with E-state index in [0.29, 0.717) is 29.1 Å². The molecule has 0 bridgehead atoms. The minimum Gasteiger partial charge on any atom is -0.493 e. The number of pyridine rings is 1. The Morgan fingerprint density at radius 3 is 2.42 bits per heavy atom. The van der Waals surface area contributed by atoms with E-state index in [1.165, 1.54) is 6.42 Å². The van der Waals surface area contributed by atoms with Crippen LogP contribution >= 0.6 is 0 Å². The predicted octanol–water partition coefficient (Wildman–Crippen LogP) is 4.59. The fourth-order valence-corrected chi connectivity index (χ4v) is 4.51. The lowest BCUT2D eigenvalue weighted by molar-refractivity contribution is 0.150. The molecule has 7 nitrogen and oxygen atoms in total. The first-order chi connectivity index (χ1) is 16.1.